The molecule has 19 heavy (non-hydrogen) atoms. The molecule has 0 fully saturated rings. The molecule has 0 bridgehead atoms. The van der Waals surface area contributed by atoms with Crippen LogP contribution >= 0.6 is 15.9 Å². The molecule has 0 saturated heterocycles. The van der Waals surface area contributed by atoms with E-state index in [4.69, 9.17) is 5.73 Å². The highest BCUT2D eigenvalue weighted by atomic mass is 79.9. The Balaban J connectivity index is 2.60. The van der Waals surface area contributed by atoms with Gasteiger partial charge in [-0.1, -0.05) is 13.8 Å². The number of nitrogen functional groups attached to an aromatic ring is 1. The number of nitrogens with zero attached hydrogens (tertiary/aromatic N) is 4. The van der Waals surface area contributed by atoms with Gasteiger partial charge in [0.15, 0.2) is 5.82 Å². The molecule has 0 aliphatic rings. The van der Waals surface area contributed by atoms with Crippen LogP contribution < -0.4 is 5.73 Å². The molecule has 2 N–H and O–H groups in total. The van der Waals surface area contributed by atoms with Gasteiger partial charge in [0.05, 0.1) is 22.7 Å². The highest BCUT2D eigenvalue weighted by Gasteiger charge is 2.17. The van der Waals surface area contributed by atoms with Gasteiger partial charge in [-0.05, 0) is 35.7 Å². The first kappa shape index (κ1) is 14.0. The van der Waals surface area contributed by atoms with Crippen molar-refractivity contribution >= 4 is 21.7 Å². The Bertz CT molecular complexity index is 589. The van der Waals surface area contributed by atoms with Crippen LogP contribution in [0.2, 0.25) is 0 Å². The summed E-state index contributed by atoms with van der Waals surface area (Å²) in [5, 5.41) is 0. The Kier molecular flexibility index (Phi) is 3.89. The average Bonchev–Trinajstić information content (AvgIpc) is 2.81. The molecule has 0 aliphatic carbocycles. The molecule has 102 valence electrons. The zero-order valence-electron chi connectivity index (χ0n) is 11.6. The summed E-state index contributed by atoms with van der Waals surface area (Å²) in [4.78, 5) is 13.2. The van der Waals surface area contributed by atoms with Crippen LogP contribution in [0.15, 0.2) is 17.0 Å². The van der Waals surface area contributed by atoms with Crippen molar-refractivity contribution in [1.82, 2.24) is 19.5 Å². The largest absolute Gasteiger partial charge is 0.383 e. The first-order valence-electron chi connectivity index (χ1n) is 6.27. The maximum absolute atomic E-state index is 5.96. The molecule has 0 atom stereocenters. The van der Waals surface area contributed by atoms with E-state index in [9.17, 15) is 0 Å². The quantitative estimate of drug-likeness (QED) is 0.939. The van der Waals surface area contributed by atoms with Crippen molar-refractivity contribution in [2.45, 2.75) is 39.7 Å². The molecule has 0 radical (unpaired) electrons. The summed E-state index contributed by atoms with van der Waals surface area (Å²) in [6, 6.07) is 0.300. The van der Waals surface area contributed by atoms with Crippen molar-refractivity contribution in [1.29, 1.82) is 0 Å². The van der Waals surface area contributed by atoms with E-state index in [1.54, 1.807) is 12.5 Å². The van der Waals surface area contributed by atoms with Crippen molar-refractivity contribution in [2.75, 3.05) is 5.73 Å². The van der Waals surface area contributed by atoms with E-state index >= 15 is 0 Å². The summed E-state index contributed by atoms with van der Waals surface area (Å²) in [6.07, 6.45) is 3.56. The summed E-state index contributed by atoms with van der Waals surface area (Å²) >= 11 is 3.45. The lowest BCUT2D eigenvalue weighted by molar-refractivity contribution is 0.603. The molecule has 2 aromatic rings. The molecule has 0 aliphatic heterocycles. The van der Waals surface area contributed by atoms with Crippen LogP contribution in [0.1, 0.15) is 45.3 Å². The van der Waals surface area contributed by atoms with Gasteiger partial charge in [-0.2, -0.15) is 0 Å². The molecule has 0 spiro atoms. The number of aromatic nitrogens is 4. The molecule has 2 rings (SSSR count). The zero-order valence-corrected chi connectivity index (χ0v) is 13.1. The van der Waals surface area contributed by atoms with E-state index in [1.165, 1.54) is 0 Å². The number of hydrogen-bond donors (Lipinski definition) is 1. The molecule has 2 heterocycles. The zero-order chi connectivity index (χ0) is 14.2. The van der Waals surface area contributed by atoms with Crippen molar-refractivity contribution in [2.24, 2.45) is 0 Å². The minimum Gasteiger partial charge on any atom is -0.383 e. The van der Waals surface area contributed by atoms with Gasteiger partial charge in [0.25, 0.3) is 0 Å². The molecule has 0 unspecified atom stereocenters. The fraction of sp³-hybridized carbons (Fsp3) is 0.462. The molecular formula is C13H18BrN5. The van der Waals surface area contributed by atoms with E-state index in [1.807, 2.05) is 4.57 Å². The number of halogens is 1. The van der Waals surface area contributed by atoms with Gasteiger partial charge in [0, 0.05) is 6.04 Å². The molecule has 0 amide bonds. The predicted octanol–water partition coefficient (Wildman–Crippen LogP) is 3.39. The Labute approximate surface area is 121 Å². The number of rotatable bonds is 3. The number of hydrogen-bond acceptors (Lipinski definition) is 4. The Hall–Kier alpha value is -1.43. The molecule has 0 aromatic carbocycles. The van der Waals surface area contributed by atoms with E-state index in [-0.39, 0.29) is 5.92 Å². The van der Waals surface area contributed by atoms with Crippen LogP contribution in [0.5, 0.6) is 0 Å². The third-order valence-electron chi connectivity index (χ3n) is 2.90. The number of nitrogens with two attached hydrogens (primary N) is 1. The summed E-state index contributed by atoms with van der Waals surface area (Å²) in [6.45, 7) is 8.35. The highest BCUT2D eigenvalue weighted by Crippen LogP contribution is 2.30. The lowest BCUT2D eigenvalue weighted by Gasteiger charge is -2.14. The van der Waals surface area contributed by atoms with Gasteiger partial charge >= 0.3 is 0 Å². The van der Waals surface area contributed by atoms with E-state index in [2.05, 4.69) is 58.6 Å². The summed E-state index contributed by atoms with van der Waals surface area (Å²) < 4.78 is 2.81. The normalized spacial score (nSPS) is 11.5. The minimum atomic E-state index is 0.272. The third-order valence-corrected chi connectivity index (χ3v) is 3.71. The van der Waals surface area contributed by atoms with E-state index < -0.39 is 0 Å². The SMILES string of the molecule is CC(C)c1nc(-c2cncn2C(C)C)nc(N)c1Br. The van der Waals surface area contributed by atoms with Gasteiger partial charge in [-0.3, -0.25) is 0 Å². The Morgan fingerprint density at radius 1 is 1.21 bits per heavy atom. The monoisotopic (exact) mass is 323 g/mol. The molecule has 2 aromatic heterocycles. The maximum atomic E-state index is 5.96. The van der Waals surface area contributed by atoms with Crippen LogP contribution in [-0.2, 0) is 0 Å². The smallest absolute Gasteiger partial charge is 0.180 e. The first-order chi connectivity index (χ1) is 8.91. The van der Waals surface area contributed by atoms with Crippen molar-refractivity contribution < 1.29 is 0 Å². The predicted molar refractivity (Wildman–Crippen MR) is 79.8 cm³/mol. The maximum Gasteiger partial charge on any atom is 0.180 e. The van der Waals surface area contributed by atoms with Crippen molar-refractivity contribution in [3.63, 3.8) is 0 Å². The standard InChI is InChI=1S/C13H18BrN5/c1-7(2)11-10(14)12(15)18-13(17-11)9-5-16-6-19(9)8(3)4/h5-8H,1-4H3,(H2,15,17,18). The van der Waals surface area contributed by atoms with Gasteiger partial charge in [-0.25, -0.2) is 15.0 Å². The van der Waals surface area contributed by atoms with Crippen molar-refractivity contribution in [3.05, 3.63) is 22.7 Å². The molecular weight excluding hydrogens is 306 g/mol. The topological polar surface area (TPSA) is 69.6 Å². The Morgan fingerprint density at radius 3 is 2.47 bits per heavy atom. The van der Waals surface area contributed by atoms with Crippen LogP contribution in [0.25, 0.3) is 11.5 Å². The van der Waals surface area contributed by atoms with Crippen LogP contribution in [0.4, 0.5) is 5.82 Å². The summed E-state index contributed by atoms with van der Waals surface area (Å²) in [5.74, 6) is 1.36. The van der Waals surface area contributed by atoms with Crippen molar-refractivity contribution in [3.8, 4) is 11.5 Å². The Morgan fingerprint density at radius 2 is 1.89 bits per heavy atom. The van der Waals surface area contributed by atoms with Crippen LogP contribution in [0, 0.1) is 0 Å². The number of anilines is 1. The lowest BCUT2D eigenvalue weighted by Crippen LogP contribution is -2.08. The number of imidazole rings is 1. The third kappa shape index (κ3) is 2.63. The van der Waals surface area contributed by atoms with Gasteiger partial charge < -0.3 is 10.3 Å². The van der Waals surface area contributed by atoms with Crippen LogP contribution in [-0.4, -0.2) is 19.5 Å². The molecule has 5 nitrogen and oxygen atoms in total. The second-order valence-corrected chi connectivity index (χ2v) is 5.86. The minimum absolute atomic E-state index is 0.272. The average molecular weight is 324 g/mol. The van der Waals surface area contributed by atoms with E-state index in [0.29, 0.717) is 17.7 Å². The van der Waals surface area contributed by atoms with Crippen LogP contribution in [0.3, 0.4) is 0 Å². The fourth-order valence-corrected chi connectivity index (χ4v) is 2.50. The first-order valence-corrected chi connectivity index (χ1v) is 7.06. The summed E-state index contributed by atoms with van der Waals surface area (Å²) in [7, 11) is 0. The van der Waals surface area contributed by atoms with Gasteiger partial charge in [0.1, 0.15) is 11.5 Å². The highest BCUT2D eigenvalue weighted by molar-refractivity contribution is 9.10. The second kappa shape index (κ2) is 5.28. The fourth-order valence-electron chi connectivity index (χ4n) is 1.87. The summed E-state index contributed by atoms with van der Waals surface area (Å²) in [5.41, 5.74) is 7.76. The second-order valence-electron chi connectivity index (χ2n) is 5.07. The van der Waals surface area contributed by atoms with Gasteiger partial charge in [0.2, 0.25) is 0 Å². The molecule has 0 saturated carbocycles. The van der Waals surface area contributed by atoms with E-state index in [0.717, 1.165) is 15.9 Å². The lowest BCUT2D eigenvalue weighted by atomic mass is 10.1. The molecule has 6 heteroatoms. The van der Waals surface area contributed by atoms with Gasteiger partial charge in [-0.15, -0.1) is 0 Å².